The van der Waals surface area contributed by atoms with Gasteiger partial charge in [-0.05, 0) is 61.6 Å². The molecule has 1 amide bonds. The first-order valence-electron chi connectivity index (χ1n) is 6.62. The van der Waals surface area contributed by atoms with E-state index in [1.165, 1.54) is 24.8 Å². The second kappa shape index (κ2) is 3.99. The molecule has 0 aromatic heterocycles. The van der Waals surface area contributed by atoms with E-state index >= 15 is 0 Å². The van der Waals surface area contributed by atoms with Crippen molar-refractivity contribution in [2.75, 3.05) is 0 Å². The Hall–Kier alpha value is -1.02. The average molecular weight is 264 g/mol. The Morgan fingerprint density at radius 2 is 1.50 bits per heavy atom. The molecular weight excluding hydrogens is 246 g/mol. The topological polar surface area (TPSA) is 43.1 Å². The highest BCUT2D eigenvalue weighted by Crippen LogP contribution is 2.56. The van der Waals surface area contributed by atoms with Gasteiger partial charge in [0.1, 0.15) is 0 Å². The lowest BCUT2D eigenvalue weighted by atomic mass is 9.57. The number of carbonyl (C=O) groups is 1. The summed E-state index contributed by atoms with van der Waals surface area (Å²) in [7, 11) is 0. The van der Waals surface area contributed by atoms with Gasteiger partial charge in [0.05, 0.1) is 0 Å². The van der Waals surface area contributed by atoms with Gasteiger partial charge in [-0.25, -0.2) is 0 Å². The molecule has 3 aliphatic rings. The van der Waals surface area contributed by atoms with Crippen molar-refractivity contribution in [1.29, 1.82) is 0 Å². The molecular formula is C15H18ClNO. The molecule has 2 N–H and O–H groups in total. The monoisotopic (exact) mass is 263 g/mol. The van der Waals surface area contributed by atoms with Crippen molar-refractivity contribution in [2.45, 2.75) is 48.8 Å². The van der Waals surface area contributed by atoms with Crippen molar-refractivity contribution < 1.29 is 4.79 Å². The molecule has 1 aromatic rings. The van der Waals surface area contributed by atoms with E-state index < -0.39 is 0 Å². The number of hydrogen-bond donors (Lipinski definition) is 1. The van der Waals surface area contributed by atoms with Crippen molar-refractivity contribution in [3.05, 3.63) is 35.4 Å². The number of alkyl halides is 1. The second-order valence-electron chi connectivity index (χ2n) is 5.87. The van der Waals surface area contributed by atoms with Crippen LogP contribution in [0.5, 0.6) is 0 Å². The molecule has 0 heterocycles. The minimum atomic E-state index is -0.355. The maximum Gasteiger partial charge on any atom is 0.248 e. The fourth-order valence-corrected chi connectivity index (χ4v) is 3.84. The van der Waals surface area contributed by atoms with E-state index in [0.29, 0.717) is 11.0 Å². The van der Waals surface area contributed by atoms with E-state index in [-0.39, 0.29) is 10.8 Å². The molecule has 96 valence electrons. The van der Waals surface area contributed by atoms with Crippen LogP contribution in [0.4, 0.5) is 0 Å². The number of halogens is 1. The third-order valence-corrected chi connectivity index (χ3v) is 5.50. The van der Waals surface area contributed by atoms with Crippen LogP contribution < -0.4 is 5.73 Å². The van der Waals surface area contributed by atoms with Crippen molar-refractivity contribution in [1.82, 2.24) is 0 Å². The normalized spacial score (nSPS) is 34.5. The van der Waals surface area contributed by atoms with Gasteiger partial charge in [-0.3, -0.25) is 4.79 Å². The molecule has 0 spiro atoms. The average Bonchev–Trinajstić information content (AvgIpc) is 2.40. The molecule has 2 bridgehead atoms. The Morgan fingerprint density at radius 3 is 1.94 bits per heavy atom. The van der Waals surface area contributed by atoms with Crippen molar-refractivity contribution in [3.8, 4) is 0 Å². The molecule has 3 aliphatic carbocycles. The number of primary amides is 1. The van der Waals surface area contributed by atoms with Gasteiger partial charge in [0.25, 0.3) is 0 Å². The van der Waals surface area contributed by atoms with Gasteiger partial charge in [0.15, 0.2) is 0 Å². The largest absolute Gasteiger partial charge is 0.366 e. The van der Waals surface area contributed by atoms with Crippen LogP contribution in [0.3, 0.4) is 0 Å². The van der Waals surface area contributed by atoms with Gasteiger partial charge in [-0.1, -0.05) is 12.1 Å². The Bertz CT molecular complexity index is 455. The molecule has 0 atom stereocenters. The Labute approximate surface area is 113 Å². The van der Waals surface area contributed by atoms with Gasteiger partial charge in [-0.15, -0.1) is 11.6 Å². The molecule has 0 unspecified atom stereocenters. The van der Waals surface area contributed by atoms with Gasteiger partial charge in [-0.2, -0.15) is 0 Å². The molecule has 2 nitrogen and oxygen atoms in total. The van der Waals surface area contributed by atoms with Gasteiger partial charge >= 0.3 is 0 Å². The zero-order chi connectivity index (χ0) is 12.8. The lowest BCUT2D eigenvalue weighted by Crippen LogP contribution is -2.45. The first kappa shape index (κ1) is 12.0. The standard InChI is InChI=1S/C15H18ClNO/c16-15-8-5-14(6-9-15,7-10-15)12-3-1-11(2-4-12)13(17)18/h1-4H,5-10H2,(H2,17,18). The molecule has 0 radical (unpaired) electrons. The fraction of sp³-hybridized carbons (Fsp3) is 0.533. The highest BCUT2D eigenvalue weighted by Gasteiger charge is 2.48. The van der Waals surface area contributed by atoms with Crippen LogP contribution in [0.1, 0.15) is 54.4 Å². The third kappa shape index (κ3) is 1.83. The highest BCUT2D eigenvalue weighted by atomic mass is 35.5. The van der Waals surface area contributed by atoms with Crippen molar-refractivity contribution in [3.63, 3.8) is 0 Å². The number of nitrogens with two attached hydrogens (primary N) is 1. The first-order valence-corrected chi connectivity index (χ1v) is 7.00. The molecule has 18 heavy (non-hydrogen) atoms. The summed E-state index contributed by atoms with van der Waals surface area (Å²) < 4.78 is 0. The minimum absolute atomic E-state index is 0.0783. The van der Waals surface area contributed by atoms with Crippen LogP contribution in [0.25, 0.3) is 0 Å². The van der Waals surface area contributed by atoms with E-state index in [9.17, 15) is 4.79 Å². The predicted molar refractivity (Wildman–Crippen MR) is 72.9 cm³/mol. The summed E-state index contributed by atoms with van der Waals surface area (Å²) in [5.74, 6) is -0.355. The number of benzene rings is 1. The number of fused-ring (bicyclic) bond motifs is 3. The molecule has 3 fully saturated rings. The number of carbonyl (C=O) groups excluding carboxylic acids is 1. The lowest BCUT2D eigenvalue weighted by molar-refractivity contribution is 0.1000. The van der Waals surface area contributed by atoms with Crippen molar-refractivity contribution in [2.24, 2.45) is 5.73 Å². The van der Waals surface area contributed by atoms with E-state index in [4.69, 9.17) is 17.3 Å². The molecule has 0 aliphatic heterocycles. The van der Waals surface area contributed by atoms with Gasteiger partial charge in [0, 0.05) is 10.4 Å². The van der Waals surface area contributed by atoms with E-state index in [2.05, 4.69) is 12.1 Å². The van der Waals surface area contributed by atoms with E-state index in [0.717, 1.165) is 19.3 Å². The smallest absolute Gasteiger partial charge is 0.248 e. The number of amides is 1. The highest BCUT2D eigenvalue weighted by molar-refractivity contribution is 6.24. The molecule has 3 heteroatoms. The minimum Gasteiger partial charge on any atom is -0.366 e. The lowest BCUT2D eigenvalue weighted by Gasteiger charge is -2.51. The SMILES string of the molecule is NC(=O)c1ccc(C23CCC(Cl)(CC2)CC3)cc1. The van der Waals surface area contributed by atoms with Crippen LogP contribution in [-0.2, 0) is 5.41 Å². The third-order valence-electron chi connectivity index (χ3n) is 4.94. The second-order valence-corrected chi connectivity index (χ2v) is 6.67. The summed E-state index contributed by atoms with van der Waals surface area (Å²) in [6, 6.07) is 7.85. The summed E-state index contributed by atoms with van der Waals surface area (Å²) in [5.41, 5.74) is 7.52. The van der Waals surface area contributed by atoms with Crippen LogP contribution in [0.2, 0.25) is 0 Å². The Kier molecular flexibility index (Phi) is 2.67. The van der Waals surface area contributed by atoms with Crippen molar-refractivity contribution >= 4 is 17.5 Å². The Balaban J connectivity index is 1.88. The van der Waals surface area contributed by atoms with Gasteiger partial charge < -0.3 is 5.73 Å². The van der Waals surface area contributed by atoms with Crippen LogP contribution in [0, 0.1) is 0 Å². The van der Waals surface area contributed by atoms with E-state index in [1.54, 1.807) is 0 Å². The molecule has 1 aromatic carbocycles. The summed E-state index contributed by atoms with van der Waals surface area (Å²) in [6.07, 6.45) is 6.87. The molecule has 0 saturated heterocycles. The summed E-state index contributed by atoms with van der Waals surface area (Å²) in [6.45, 7) is 0. The fourth-order valence-electron chi connectivity index (χ4n) is 3.56. The zero-order valence-electron chi connectivity index (χ0n) is 10.4. The van der Waals surface area contributed by atoms with Gasteiger partial charge in [0.2, 0.25) is 5.91 Å². The molecule has 3 saturated carbocycles. The number of rotatable bonds is 2. The quantitative estimate of drug-likeness (QED) is 0.817. The summed E-state index contributed by atoms with van der Waals surface area (Å²) >= 11 is 6.55. The maximum absolute atomic E-state index is 11.1. The zero-order valence-corrected chi connectivity index (χ0v) is 11.2. The van der Waals surface area contributed by atoms with E-state index in [1.807, 2.05) is 12.1 Å². The molecule has 4 rings (SSSR count). The van der Waals surface area contributed by atoms with Crippen LogP contribution in [0.15, 0.2) is 24.3 Å². The summed E-state index contributed by atoms with van der Waals surface area (Å²) in [4.78, 5) is 11.2. The van der Waals surface area contributed by atoms with Crippen LogP contribution >= 0.6 is 11.6 Å². The Morgan fingerprint density at radius 1 is 1.00 bits per heavy atom. The predicted octanol–water partition coefficient (Wildman–Crippen LogP) is 3.37. The summed E-state index contributed by atoms with van der Waals surface area (Å²) in [5, 5.41) is 0. The maximum atomic E-state index is 11.1. The number of hydrogen-bond acceptors (Lipinski definition) is 1. The first-order chi connectivity index (χ1) is 8.53. The van der Waals surface area contributed by atoms with Crippen LogP contribution in [-0.4, -0.2) is 10.8 Å².